The summed E-state index contributed by atoms with van der Waals surface area (Å²) in [7, 11) is 0. The molecule has 3 rings (SSSR count). The molecular formula is C23H25N5O4. The van der Waals surface area contributed by atoms with Crippen LogP contribution in [0.2, 0.25) is 0 Å². The molecule has 0 saturated carbocycles. The molecule has 166 valence electrons. The quantitative estimate of drug-likeness (QED) is 0.265. The molecule has 0 radical (unpaired) electrons. The molecule has 1 aromatic heterocycles. The number of ether oxygens (including phenoxy) is 1. The number of nitro benzene ring substituents is 1. The van der Waals surface area contributed by atoms with Gasteiger partial charge in [0, 0.05) is 30.5 Å². The molecule has 0 saturated heterocycles. The van der Waals surface area contributed by atoms with Crippen LogP contribution in [-0.2, 0) is 6.42 Å². The van der Waals surface area contributed by atoms with Crippen LogP contribution in [0.4, 0.5) is 22.9 Å². The van der Waals surface area contributed by atoms with Crippen LogP contribution in [0.1, 0.15) is 37.0 Å². The maximum Gasteiger partial charge on any atom is 0.273 e. The molecule has 0 fully saturated rings. The number of rotatable bonds is 10. The van der Waals surface area contributed by atoms with E-state index in [0.717, 1.165) is 24.5 Å². The number of carbonyl (C=O) groups is 1. The minimum atomic E-state index is -0.496. The summed E-state index contributed by atoms with van der Waals surface area (Å²) < 4.78 is 5.81. The van der Waals surface area contributed by atoms with Crippen molar-refractivity contribution in [1.29, 1.82) is 0 Å². The molecule has 1 heterocycles. The summed E-state index contributed by atoms with van der Waals surface area (Å²) in [5.41, 5.74) is 2.37. The summed E-state index contributed by atoms with van der Waals surface area (Å²) in [6.07, 6.45) is 1.10. The number of nitrogens with one attached hydrogen (secondary N) is 1. The first-order valence-corrected chi connectivity index (χ1v) is 10.4. The number of nitrogens with zero attached hydrogens (tertiary/aromatic N) is 4. The molecule has 0 amide bonds. The molecule has 32 heavy (non-hydrogen) atoms. The van der Waals surface area contributed by atoms with Crippen LogP contribution in [-0.4, -0.2) is 34.3 Å². The number of non-ortho nitro benzene ring substituents is 1. The Morgan fingerprint density at radius 2 is 1.81 bits per heavy atom. The number of nitro groups is 1. The average molecular weight is 435 g/mol. The Bertz CT molecular complexity index is 1100. The Labute approximate surface area is 186 Å². The lowest BCUT2D eigenvalue weighted by Gasteiger charge is -2.21. The van der Waals surface area contributed by atoms with Crippen LogP contribution in [0.25, 0.3) is 0 Å². The van der Waals surface area contributed by atoms with Crippen molar-refractivity contribution >= 4 is 29.2 Å². The summed E-state index contributed by atoms with van der Waals surface area (Å²) >= 11 is 0. The van der Waals surface area contributed by atoms with E-state index in [1.54, 1.807) is 6.07 Å². The molecule has 0 bridgehead atoms. The summed E-state index contributed by atoms with van der Waals surface area (Å²) in [4.78, 5) is 33.2. The molecule has 0 aliphatic carbocycles. The zero-order valence-corrected chi connectivity index (χ0v) is 18.2. The summed E-state index contributed by atoms with van der Waals surface area (Å²) in [5, 5.41) is 14.2. The van der Waals surface area contributed by atoms with Crippen molar-refractivity contribution in [3.05, 3.63) is 70.0 Å². The van der Waals surface area contributed by atoms with E-state index in [1.165, 1.54) is 18.2 Å². The third-order valence-electron chi connectivity index (χ3n) is 4.91. The Morgan fingerprint density at radius 1 is 1.09 bits per heavy atom. The summed E-state index contributed by atoms with van der Waals surface area (Å²) in [6, 6.07) is 13.6. The first kappa shape index (κ1) is 22.7. The van der Waals surface area contributed by atoms with E-state index in [-0.39, 0.29) is 28.8 Å². The maximum absolute atomic E-state index is 11.6. The van der Waals surface area contributed by atoms with Gasteiger partial charge in [-0.05, 0) is 50.6 Å². The number of aromatic nitrogens is 2. The Morgan fingerprint density at radius 3 is 2.41 bits per heavy atom. The molecule has 3 aromatic rings. The van der Waals surface area contributed by atoms with Gasteiger partial charge in [-0.15, -0.1) is 0 Å². The van der Waals surface area contributed by atoms with Gasteiger partial charge in [-0.2, -0.15) is 4.98 Å². The third kappa shape index (κ3) is 5.18. The molecule has 0 aliphatic heterocycles. The summed E-state index contributed by atoms with van der Waals surface area (Å²) in [5.74, 6) is 0.686. The molecule has 1 N–H and O–H groups in total. The van der Waals surface area contributed by atoms with Gasteiger partial charge in [-0.25, -0.2) is 4.98 Å². The fourth-order valence-corrected chi connectivity index (χ4v) is 3.21. The van der Waals surface area contributed by atoms with E-state index in [4.69, 9.17) is 4.74 Å². The monoisotopic (exact) mass is 435 g/mol. The SMILES string of the molecule is CCc1nc(C=O)c(Nc2ccc(N(CC)CC)cc2)nc1Oc1cccc([N+](=O)[O-])c1. The van der Waals surface area contributed by atoms with E-state index < -0.39 is 4.92 Å². The number of hydrogen-bond acceptors (Lipinski definition) is 8. The van der Waals surface area contributed by atoms with Crippen LogP contribution >= 0.6 is 0 Å². The largest absolute Gasteiger partial charge is 0.437 e. The normalized spacial score (nSPS) is 10.5. The maximum atomic E-state index is 11.6. The fourth-order valence-electron chi connectivity index (χ4n) is 3.21. The van der Waals surface area contributed by atoms with Gasteiger partial charge in [0.25, 0.3) is 5.69 Å². The zero-order chi connectivity index (χ0) is 23.1. The second kappa shape index (κ2) is 10.3. The van der Waals surface area contributed by atoms with Crippen LogP contribution < -0.4 is 15.0 Å². The predicted molar refractivity (Wildman–Crippen MR) is 123 cm³/mol. The fraction of sp³-hybridized carbons (Fsp3) is 0.261. The topological polar surface area (TPSA) is 110 Å². The second-order valence-electron chi connectivity index (χ2n) is 6.88. The van der Waals surface area contributed by atoms with Crippen molar-refractivity contribution in [3.63, 3.8) is 0 Å². The number of aldehydes is 1. The third-order valence-corrected chi connectivity index (χ3v) is 4.91. The van der Waals surface area contributed by atoms with Crippen molar-refractivity contribution in [3.8, 4) is 11.6 Å². The number of aryl methyl sites for hydroxylation is 1. The van der Waals surface area contributed by atoms with Gasteiger partial charge < -0.3 is 15.0 Å². The van der Waals surface area contributed by atoms with Gasteiger partial charge in [0.05, 0.1) is 11.0 Å². The van der Waals surface area contributed by atoms with E-state index in [0.29, 0.717) is 18.4 Å². The van der Waals surface area contributed by atoms with Crippen LogP contribution in [0.3, 0.4) is 0 Å². The number of hydrogen-bond donors (Lipinski definition) is 1. The Balaban J connectivity index is 1.92. The Hall–Kier alpha value is -4.01. The number of anilines is 3. The molecule has 0 aliphatic rings. The first-order chi connectivity index (χ1) is 15.5. The molecule has 0 atom stereocenters. The van der Waals surface area contributed by atoms with Gasteiger partial charge in [0.15, 0.2) is 12.1 Å². The van der Waals surface area contributed by atoms with E-state index in [2.05, 4.69) is 34.0 Å². The van der Waals surface area contributed by atoms with Gasteiger partial charge in [0.2, 0.25) is 5.88 Å². The molecule has 0 unspecified atom stereocenters. The van der Waals surface area contributed by atoms with Crippen molar-refractivity contribution in [1.82, 2.24) is 9.97 Å². The molecule has 9 heteroatoms. The number of benzene rings is 2. The van der Waals surface area contributed by atoms with E-state index in [9.17, 15) is 14.9 Å². The molecule has 0 spiro atoms. The lowest BCUT2D eigenvalue weighted by molar-refractivity contribution is -0.384. The standard InChI is InChI=1S/C23H25N5O4/c1-4-20-23(32-19-9-7-8-18(14-19)28(30)31)26-22(21(15-29)25-20)24-16-10-12-17(13-11-16)27(5-2)6-3/h7-15H,4-6H2,1-3H3,(H,24,26). The summed E-state index contributed by atoms with van der Waals surface area (Å²) in [6.45, 7) is 7.86. The smallest absolute Gasteiger partial charge is 0.273 e. The number of carbonyl (C=O) groups excluding carboxylic acids is 1. The van der Waals surface area contributed by atoms with Gasteiger partial charge in [-0.3, -0.25) is 14.9 Å². The lowest BCUT2D eigenvalue weighted by Crippen LogP contribution is -2.21. The minimum Gasteiger partial charge on any atom is -0.437 e. The predicted octanol–water partition coefficient (Wildman–Crippen LogP) is 5.14. The van der Waals surface area contributed by atoms with E-state index >= 15 is 0 Å². The average Bonchev–Trinajstić information content (AvgIpc) is 2.81. The second-order valence-corrected chi connectivity index (χ2v) is 6.88. The highest BCUT2D eigenvalue weighted by molar-refractivity contribution is 5.82. The van der Waals surface area contributed by atoms with Crippen LogP contribution in [0, 0.1) is 10.1 Å². The van der Waals surface area contributed by atoms with Gasteiger partial charge in [-0.1, -0.05) is 13.0 Å². The van der Waals surface area contributed by atoms with Crippen molar-refractivity contribution < 1.29 is 14.5 Å². The lowest BCUT2D eigenvalue weighted by atomic mass is 10.2. The van der Waals surface area contributed by atoms with Gasteiger partial charge in [0.1, 0.15) is 17.1 Å². The Kier molecular flexibility index (Phi) is 7.33. The molecule has 9 nitrogen and oxygen atoms in total. The van der Waals surface area contributed by atoms with Crippen LogP contribution in [0.5, 0.6) is 11.6 Å². The first-order valence-electron chi connectivity index (χ1n) is 10.4. The van der Waals surface area contributed by atoms with Crippen molar-refractivity contribution in [2.75, 3.05) is 23.3 Å². The van der Waals surface area contributed by atoms with Crippen LogP contribution in [0.15, 0.2) is 48.5 Å². The van der Waals surface area contributed by atoms with Crippen molar-refractivity contribution in [2.24, 2.45) is 0 Å². The van der Waals surface area contributed by atoms with Crippen molar-refractivity contribution in [2.45, 2.75) is 27.2 Å². The van der Waals surface area contributed by atoms with E-state index in [1.807, 2.05) is 31.2 Å². The highest BCUT2D eigenvalue weighted by Gasteiger charge is 2.16. The zero-order valence-electron chi connectivity index (χ0n) is 18.2. The highest BCUT2D eigenvalue weighted by atomic mass is 16.6. The molecular weight excluding hydrogens is 410 g/mol. The molecule has 2 aromatic carbocycles. The highest BCUT2D eigenvalue weighted by Crippen LogP contribution is 2.29. The van der Waals surface area contributed by atoms with Gasteiger partial charge >= 0.3 is 0 Å². The minimum absolute atomic E-state index is 0.0929.